The summed E-state index contributed by atoms with van der Waals surface area (Å²) in [5, 5.41) is 6.12. The summed E-state index contributed by atoms with van der Waals surface area (Å²) in [6, 6.07) is 23.2. The lowest BCUT2D eigenvalue weighted by Crippen LogP contribution is -2.38. The monoisotopic (exact) mass is 476 g/mol. The molecule has 6 nitrogen and oxygen atoms in total. The van der Waals surface area contributed by atoms with Gasteiger partial charge in [0.25, 0.3) is 11.8 Å². The Kier molecular flexibility index (Phi) is 7.96. The van der Waals surface area contributed by atoms with Crippen LogP contribution in [0, 0.1) is 0 Å². The summed E-state index contributed by atoms with van der Waals surface area (Å²) in [7, 11) is 0. The van der Waals surface area contributed by atoms with Crippen LogP contribution in [-0.4, -0.2) is 31.1 Å². The molecule has 0 bridgehead atoms. The van der Waals surface area contributed by atoms with E-state index < -0.39 is 11.8 Å². The number of nitrogens with one attached hydrogen (secondary N) is 2. The van der Waals surface area contributed by atoms with E-state index in [9.17, 15) is 9.59 Å². The second kappa shape index (κ2) is 11.5. The van der Waals surface area contributed by atoms with Crippen LogP contribution in [0.25, 0.3) is 6.08 Å². The van der Waals surface area contributed by atoms with E-state index in [-0.39, 0.29) is 11.8 Å². The molecule has 2 N–H and O–H groups in total. The van der Waals surface area contributed by atoms with Gasteiger partial charge >= 0.3 is 0 Å². The zero-order valence-electron chi connectivity index (χ0n) is 18.5. The molecule has 2 amide bonds. The van der Waals surface area contributed by atoms with Gasteiger partial charge in [-0.15, -0.1) is 0 Å². The number of halogens is 1. The molecule has 7 heteroatoms. The molecular weight excluding hydrogens is 452 g/mol. The summed E-state index contributed by atoms with van der Waals surface area (Å²) in [6.45, 7) is 1.08. The van der Waals surface area contributed by atoms with Gasteiger partial charge in [-0.2, -0.15) is 0 Å². The van der Waals surface area contributed by atoms with Gasteiger partial charge < -0.3 is 20.1 Å². The second-order valence-corrected chi connectivity index (χ2v) is 8.29. The van der Waals surface area contributed by atoms with Crippen molar-refractivity contribution in [2.45, 2.75) is 18.9 Å². The quantitative estimate of drug-likeness (QED) is 0.438. The predicted octanol–water partition coefficient (Wildman–Crippen LogP) is 5.20. The normalized spacial score (nSPS) is 15.6. The van der Waals surface area contributed by atoms with Crippen molar-refractivity contribution in [3.8, 4) is 11.5 Å². The van der Waals surface area contributed by atoms with Crippen molar-refractivity contribution in [3.63, 3.8) is 0 Å². The number of para-hydroxylation sites is 1. The van der Waals surface area contributed by atoms with Crippen LogP contribution in [0.1, 0.15) is 28.8 Å². The Balaban J connectivity index is 1.54. The number of hydrogen-bond donors (Lipinski definition) is 2. The van der Waals surface area contributed by atoms with E-state index in [0.29, 0.717) is 40.8 Å². The minimum absolute atomic E-state index is 0.0141. The highest BCUT2D eigenvalue weighted by atomic mass is 35.5. The maximum Gasteiger partial charge on any atom is 0.267 e. The van der Waals surface area contributed by atoms with E-state index in [0.717, 1.165) is 12.8 Å². The third kappa shape index (κ3) is 6.70. The van der Waals surface area contributed by atoms with Gasteiger partial charge in [0.05, 0.1) is 6.10 Å². The lowest BCUT2D eigenvalue weighted by Gasteiger charge is -2.14. The predicted molar refractivity (Wildman–Crippen MR) is 132 cm³/mol. The number of hydrogen-bond acceptors (Lipinski definition) is 4. The SMILES string of the molecule is O=C(NC[C@@H]1CCCO1)/C(=C\c1cccc(Oc2ccccc2)c1)NC(=O)c1ccc(Cl)cc1. The van der Waals surface area contributed by atoms with Gasteiger partial charge in [-0.05, 0) is 73.0 Å². The van der Waals surface area contributed by atoms with E-state index in [1.54, 1.807) is 36.4 Å². The zero-order valence-corrected chi connectivity index (χ0v) is 19.3. The van der Waals surface area contributed by atoms with E-state index in [2.05, 4.69) is 10.6 Å². The summed E-state index contributed by atoms with van der Waals surface area (Å²) in [5.74, 6) is 0.511. The summed E-state index contributed by atoms with van der Waals surface area (Å²) >= 11 is 5.93. The number of benzene rings is 3. The van der Waals surface area contributed by atoms with Crippen molar-refractivity contribution in [1.82, 2.24) is 10.6 Å². The lowest BCUT2D eigenvalue weighted by molar-refractivity contribution is -0.118. The first-order chi connectivity index (χ1) is 16.6. The van der Waals surface area contributed by atoms with Crippen molar-refractivity contribution < 1.29 is 19.1 Å². The molecule has 3 aromatic rings. The molecule has 3 aromatic carbocycles. The standard InChI is InChI=1S/C27H25ClN2O4/c28-21-13-11-20(12-14-21)26(31)30-25(27(32)29-18-24-10-5-15-33-24)17-19-6-4-9-23(16-19)34-22-7-2-1-3-8-22/h1-4,6-9,11-14,16-17,24H,5,10,15,18H2,(H,29,32)(H,30,31)/b25-17+/t24-/m0/s1. The maximum absolute atomic E-state index is 13.0. The fourth-order valence-corrected chi connectivity index (χ4v) is 3.65. The number of carbonyl (C=O) groups excluding carboxylic acids is 2. The zero-order chi connectivity index (χ0) is 23.8. The average Bonchev–Trinajstić information content (AvgIpc) is 3.37. The van der Waals surface area contributed by atoms with Gasteiger partial charge in [0.2, 0.25) is 0 Å². The number of ether oxygens (including phenoxy) is 2. The molecule has 0 saturated carbocycles. The molecule has 1 atom stereocenters. The minimum atomic E-state index is -0.410. The van der Waals surface area contributed by atoms with Crippen LogP contribution < -0.4 is 15.4 Å². The van der Waals surface area contributed by atoms with E-state index in [4.69, 9.17) is 21.1 Å². The largest absolute Gasteiger partial charge is 0.457 e. The smallest absolute Gasteiger partial charge is 0.267 e. The number of rotatable bonds is 8. The molecule has 0 radical (unpaired) electrons. The molecule has 1 saturated heterocycles. The van der Waals surface area contributed by atoms with Crippen molar-refractivity contribution in [3.05, 3.63) is 101 Å². The van der Waals surface area contributed by atoms with Crippen LogP contribution in [0.3, 0.4) is 0 Å². The Morgan fingerprint density at radius 1 is 1.00 bits per heavy atom. The van der Waals surface area contributed by atoms with Crippen LogP contribution >= 0.6 is 11.6 Å². The minimum Gasteiger partial charge on any atom is -0.457 e. The highest BCUT2D eigenvalue weighted by Crippen LogP contribution is 2.23. The van der Waals surface area contributed by atoms with E-state index >= 15 is 0 Å². The summed E-state index contributed by atoms with van der Waals surface area (Å²) in [4.78, 5) is 25.8. The van der Waals surface area contributed by atoms with Gasteiger partial charge in [-0.1, -0.05) is 41.9 Å². The van der Waals surface area contributed by atoms with Crippen molar-refractivity contribution >= 4 is 29.5 Å². The fourth-order valence-electron chi connectivity index (χ4n) is 3.52. The molecule has 34 heavy (non-hydrogen) atoms. The fraction of sp³-hybridized carbons (Fsp3) is 0.185. The van der Waals surface area contributed by atoms with Crippen LogP contribution in [0.4, 0.5) is 0 Å². The molecule has 1 fully saturated rings. The molecule has 0 aliphatic carbocycles. The molecular formula is C27H25ClN2O4. The Morgan fingerprint density at radius 2 is 1.76 bits per heavy atom. The van der Waals surface area contributed by atoms with Crippen LogP contribution in [0.5, 0.6) is 11.5 Å². The average molecular weight is 477 g/mol. The Bertz CT molecular complexity index is 1160. The highest BCUT2D eigenvalue weighted by Gasteiger charge is 2.19. The maximum atomic E-state index is 13.0. The summed E-state index contributed by atoms with van der Waals surface area (Å²) in [5.41, 5.74) is 1.21. The molecule has 0 unspecified atom stereocenters. The molecule has 1 aliphatic heterocycles. The van der Waals surface area contributed by atoms with Gasteiger partial charge in [0.15, 0.2) is 0 Å². The highest BCUT2D eigenvalue weighted by molar-refractivity contribution is 6.30. The van der Waals surface area contributed by atoms with E-state index in [1.807, 2.05) is 48.5 Å². The van der Waals surface area contributed by atoms with E-state index in [1.165, 1.54) is 0 Å². The molecule has 0 aromatic heterocycles. The molecule has 174 valence electrons. The lowest BCUT2D eigenvalue weighted by atomic mass is 10.1. The first-order valence-electron chi connectivity index (χ1n) is 11.1. The van der Waals surface area contributed by atoms with Gasteiger partial charge in [0, 0.05) is 23.7 Å². The first-order valence-corrected chi connectivity index (χ1v) is 11.5. The second-order valence-electron chi connectivity index (χ2n) is 7.85. The Labute approximate surface area is 203 Å². The Morgan fingerprint density at radius 3 is 2.50 bits per heavy atom. The Hall–Kier alpha value is -3.61. The summed E-state index contributed by atoms with van der Waals surface area (Å²) in [6.07, 6.45) is 3.48. The van der Waals surface area contributed by atoms with Gasteiger partial charge in [0.1, 0.15) is 17.2 Å². The van der Waals surface area contributed by atoms with Gasteiger partial charge in [-0.25, -0.2) is 0 Å². The van der Waals surface area contributed by atoms with Crippen molar-refractivity contribution in [2.24, 2.45) is 0 Å². The molecule has 1 aliphatic rings. The van der Waals surface area contributed by atoms with Gasteiger partial charge in [-0.3, -0.25) is 9.59 Å². The van der Waals surface area contributed by atoms with Crippen LogP contribution in [-0.2, 0) is 9.53 Å². The van der Waals surface area contributed by atoms with Crippen LogP contribution in [0.15, 0.2) is 84.6 Å². The number of carbonyl (C=O) groups is 2. The topological polar surface area (TPSA) is 76.7 Å². The molecule has 0 spiro atoms. The number of amides is 2. The van der Waals surface area contributed by atoms with Crippen molar-refractivity contribution in [1.29, 1.82) is 0 Å². The third-order valence-corrected chi connectivity index (χ3v) is 5.51. The molecule has 1 heterocycles. The first kappa shape index (κ1) is 23.5. The summed E-state index contributed by atoms with van der Waals surface area (Å²) < 4.78 is 11.5. The molecule has 4 rings (SSSR count). The third-order valence-electron chi connectivity index (χ3n) is 5.26. The van der Waals surface area contributed by atoms with Crippen molar-refractivity contribution in [2.75, 3.05) is 13.2 Å². The van der Waals surface area contributed by atoms with Crippen LogP contribution in [0.2, 0.25) is 5.02 Å².